The predicted octanol–water partition coefficient (Wildman–Crippen LogP) is 2.08. The lowest BCUT2D eigenvalue weighted by Gasteiger charge is -2.26. The molecule has 0 spiro atoms. The molecule has 1 unspecified atom stereocenters. The molecule has 31 heavy (non-hydrogen) atoms. The molecular weight excluding hydrogens is 390 g/mol. The second-order valence-corrected chi connectivity index (χ2v) is 8.94. The zero-order valence-electron chi connectivity index (χ0n) is 19.0. The Hall–Kier alpha value is -1.83. The van der Waals surface area contributed by atoms with Gasteiger partial charge in [-0.1, -0.05) is 25.0 Å². The number of nitrogens with one attached hydrogen (secondary N) is 2. The van der Waals surface area contributed by atoms with Crippen LogP contribution in [-0.4, -0.2) is 87.4 Å². The lowest BCUT2D eigenvalue weighted by atomic mass is 10.2. The second-order valence-electron chi connectivity index (χ2n) is 8.94. The molecule has 0 amide bonds. The van der Waals surface area contributed by atoms with Crippen LogP contribution in [0.1, 0.15) is 37.7 Å². The Morgan fingerprint density at radius 1 is 1.16 bits per heavy atom. The third-order valence-corrected chi connectivity index (χ3v) is 6.76. The molecule has 0 radical (unpaired) electrons. The molecule has 1 aliphatic carbocycles. The Kier molecular flexibility index (Phi) is 8.44. The van der Waals surface area contributed by atoms with E-state index in [1.807, 2.05) is 13.1 Å². The van der Waals surface area contributed by atoms with Crippen molar-refractivity contribution >= 4 is 5.96 Å². The summed E-state index contributed by atoms with van der Waals surface area (Å²) >= 11 is 0. The quantitative estimate of drug-likeness (QED) is 0.487. The van der Waals surface area contributed by atoms with Crippen molar-refractivity contribution in [2.45, 2.75) is 50.7 Å². The number of aliphatic imine (C=N–C) groups is 1. The summed E-state index contributed by atoms with van der Waals surface area (Å²) in [5.41, 5.74) is 1.20. The van der Waals surface area contributed by atoms with Crippen molar-refractivity contribution in [3.05, 3.63) is 29.8 Å². The van der Waals surface area contributed by atoms with E-state index in [-0.39, 0.29) is 0 Å². The van der Waals surface area contributed by atoms with Crippen molar-refractivity contribution < 1.29 is 9.47 Å². The fourth-order valence-corrected chi connectivity index (χ4v) is 4.94. The maximum absolute atomic E-state index is 5.99. The lowest BCUT2D eigenvalue weighted by Crippen LogP contribution is -2.45. The van der Waals surface area contributed by atoms with Gasteiger partial charge in [0.25, 0.3) is 0 Å². The molecule has 7 nitrogen and oxygen atoms in total. The monoisotopic (exact) mass is 429 g/mol. The Morgan fingerprint density at radius 3 is 2.81 bits per heavy atom. The van der Waals surface area contributed by atoms with E-state index in [0.29, 0.717) is 12.6 Å². The fourth-order valence-electron chi connectivity index (χ4n) is 4.94. The van der Waals surface area contributed by atoms with Crippen LogP contribution in [0.5, 0.6) is 5.75 Å². The number of likely N-dealkylation sites (tertiary alicyclic amines) is 1. The van der Waals surface area contributed by atoms with Gasteiger partial charge in [-0.2, -0.15) is 0 Å². The van der Waals surface area contributed by atoms with Gasteiger partial charge < -0.3 is 20.1 Å². The summed E-state index contributed by atoms with van der Waals surface area (Å²) < 4.78 is 11.4. The van der Waals surface area contributed by atoms with Crippen LogP contribution in [0.2, 0.25) is 0 Å². The van der Waals surface area contributed by atoms with Gasteiger partial charge in [0.15, 0.2) is 5.96 Å². The van der Waals surface area contributed by atoms with Gasteiger partial charge in [0.05, 0.1) is 13.2 Å². The molecule has 1 saturated carbocycles. The first-order chi connectivity index (χ1) is 15.3. The van der Waals surface area contributed by atoms with Gasteiger partial charge >= 0.3 is 0 Å². The zero-order chi connectivity index (χ0) is 21.3. The molecule has 2 heterocycles. The minimum atomic E-state index is 0.488. The highest BCUT2D eigenvalue weighted by atomic mass is 16.5. The van der Waals surface area contributed by atoms with Crippen molar-refractivity contribution in [3.63, 3.8) is 0 Å². The fraction of sp³-hybridized carbons (Fsp3) is 0.708. The van der Waals surface area contributed by atoms with E-state index in [1.54, 1.807) is 0 Å². The molecule has 2 saturated heterocycles. The standard InChI is InChI=1S/C24H39N5O2/c1-25-24(27-21-9-10-29(19-21)22-6-2-3-7-22)26-18-20-5-4-8-23(17-20)31-16-13-28-11-14-30-15-12-28/h4-5,8,17,21-22H,2-3,6-7,9-16,18-19H2,1H3,(H2,25,26,27). The lowest BCUT2D eigenvalue weighted by molar-refractivity contribution is 0.0322. The van der Waals surface area contributed by atoms with E-state index in [1.165, 1.54) is 44.2 Å². The molecule has 1 atom stereocenters. The number of morpholine rings is 1. The van der Waals surface area contributed by atoms with Crippen LogP contribution in [0.15, 0.2) is 29.3 Å². The van der Waals surface area contributed by atoms with Crippen molar-refractivity contribution in [1.82, 2.24) is 20.4 Å². The molecule has 1 aromatic rings. The summed E-state index contributed by atoms with van der Waals surface area (Å²) in [5, 5.41) is 7.10. The Balaban J connectivity index is 1.18. The first kappa shape index (κ1) is 22.4. The summed E-state index contributed by atoms with van der Waals surface area (Å²) in [6.45, 7) is 8.39. The molecule has 1 aromatic carbocycles. The maximum atomic E-state index is 5.99. The normalized spacial score (nSPS) is 23.9. The van der Waals surface area contributed by atoms with Crippen LogP contribution in [0, 0.1) is 0 Å². The molecule has 4 rings (SSSR count). The van der Waals surface area contributed by atoms with Gasteiger partial charge in [-0.3, -0.25) is 14.8 Å². The molecule has 3 fully saturated rings. The number of hydrogen-bond donors (Lipinski definition) is 2. The van der Waals surface area contributed by atoms with Gasteiger partial charge in [0, 0.05) is 58.4 Å². The van der Waals surface area contributed by atoms with E-state index in [4.69, 9.17) is 9.47 Å². The number of hydrogen-bond acceptors (Lipinski definition) is 5. The van der Waals surface area contributed by atoms with Crippen molar-refractivity contribution in [2.75, 3.05) is 59.6 Å². The van der Waals surface area contributed by atoms with E-state index in [2.05, 4.69) is 43.6 Å². The third-order valence-electron chi connectivity index (χ3n) is 6.76. The number of rotatable bonds is 8. The van der Waals surface area contributed by atoms with Crippen LogP contribution >= 0.6 is 0 Å². The average molecular weight is 430 g/mol. The van der Waals surface area contributed by atoms with Crippen LogP contribution in [-0.2, 0) is 11.3 Å². The highest BCUT2D eigenvalue weighted by Gasteiger charge is 2.30. The third kappa shape index (κ3) is 6.82. The first-order valence-corrected chi connectivity index (χ1v) is 12.0. The Labute approximate surface area is 187 Å². The molecular formula is C24H39N5O2. The van der Waals surface area contributed by atoms with E-state index in [9.17, 15) is 0 Å². The second kappa shape index (κ2) is 11.7. The van der Waals surface area contributed by atoms with Crippen LogP contribution in [0.25, 0.3) is 0 Å². The van der Waals surface area contributed by atoms with Gasteiger partial charge in [-0.25, -0.2) is 0 Å². The van der Waals surface area contributed by atoms with E-state index < -0.39 is 0 Å². The summed E-state index contributed by atoms with van der Waals surface area (Å²) in [6, 6.07) is 9.65. The predicted molar refractivity (Wildman–Crippen MR) is 125 cm³/mol. The highest BCUT2D eigenvalue weighted by Crippen LogP contribution is 2.26. The van der Waals surface area contributed by atoms with Crippen molar-refractivity contribution in [3.8, 4) is 5.75 Å². The minimum absolute atomic E-state index is 0.488. The molecule has 0 bridgehead atoms. The minimum Gasteiger partial charge on any atom is -0.492 e. The summed E-state index contributed by atoms with van der Waals surface area (Å²) in [6.07, 6.45) is 6.76. The van der Waals surface area contributed by atoms with Crippen molar-refractivity contribution in [2.24, 2.45) is 4.99 Å². The maximum Gasteiger partial charge on any atom is 0.191 e. The van der Waals surface area contributed by atoms with Gasteiger partial charge in [0.1, 0.15) is 12.4 Å². The largest absolute Gasteiger partial charge is 0.492 e. The molecule has 3 aliphatic rings. The summed E-state index contributed by atoms with van der Waals surface area (Å²) in [4.78, 5) is 9.51. The number of nitrogens with zero attached hydrogens (tertiary/aromatic N) is 3. The zero-order valence-corrected chi connectivity index (χ0v) is 19.0. The molecule has 0 aromatic heterocycles. The average Bonchev–Trinajstić information content (AvgIpc) is 3.50. The highest BCUT2D eigenvalue weighted by molar-refractivity contribution is 5.80. The number of benzene rings is 1. The number of ether oxygens (including phenoxy) is 2. The van der Waals surface area contributed by atoms with Crippen LogP contribution < -0.4 is 15.4 Å². The molecule has 172 valence electrons. The van der Waals surface area contributed by atoms with E-state index in [0.717, 1.165) is 63.7 Å². The number of guanidine groups is 1. The van der Waals surface area contributed by atoms with Gasteiger partial charge in [-0.05, 0) is 37.0 Å². The van der Waals surface area contributed by atoms with E-state index >= 15 is 0 Å². The van der Waals surface area contributed by atoms with Crippen molar-refractivity contribution in [1.29, 1.82) is 0 Å². The van der Waals surface area contributed by atoms with Gasteiger partial charge in [0.2, 0.25) is 0 Å². The SMILES string of the molecule is CN=C(NCc1cccc(OCCN2CCOCC2)c1)NC1CCN(C2CCCC2)C1. The summed E-state index contributed by atoms with van der Waals surface area (Å²) in [5.74, 6) is 1.82. The molecule has 7 heteroatoms. The Bertz CT molecular complexity index is 701. The molecule has 2 aliphatic heterocycles. The van der Waals surface area contributed by atoms with Crippen LogP contribution in [0.3, 0.4) is 0 Å². The van der Waals surface area contributed by atoms with Gasteiger partial charge in [-0.15, -0.1) is 0 Å². The Morgan fingerprint density at radius 2 is 2.00 bits per heavy atom. The summed E-state index contributed by atoms with van der Waals surface area (Å²) in [7, 11) is 1.85. The molecule has 2 N–H and O–H groups in total. The van der Waals surface area contributed by atoms with Crippen LogP contribution in [0.4, 0.5) is 0 Å². The topological polar surface area (TPSA) is 61.4 Å². The smallest absolute Gasteiger partial charge is 0.191 e. The first-order valence-electron chi connectivity index (χ1n) is 12.0.